The first-order valence-electron chi connectivity index (χ1n) is 13.8. The lowest BCUT2D eigenvalue weighted by atomic mass is 9.84. The van der Waals surface area contributed by atoms with E-state index >= 15 is 0 Å². The number of carbonyl (C=O) groups excluding carboxylic acids is 2. The number of amides is 2. The number of H-pyrrole nitrogens is 1. The summed E-state index contributed by atoms with van der Waals surface area (Å²) in [6.45, 7) is 5.64. The van der Waals surface area contributed by atoms with Crippen molar-refractivity contribution in [3.63, 3.8) is 0 Å². The van der Waals surface area contributed by atoms with Crippen LogP contribution in [0.5, 0.6) is 0 Å². The summed E-state index contributed by atoms with van der Waals surface area (Å²) in [5.74, 6) is 0.354. The molecule has 9 heteroatoms. The normalized spacial score (nSPS) is 21.5. The highest BCUT2D eigenvalue weighted by molar-refractivity contribution is 6.31. The lowest BCUT2D eigenvalue weighted by Crippen LogP contribution is -2.57. The Morgan fingerprint density at radius 1 is 1.00 bits per heavy atom. The van der Waals surface area contributed by atoms with E-state index in [1.54, 1.807) is 0 Å². The van der Waals surface area contributed by atoms with Crippen molar-refractivity contribution in [2.45, 2.75) is 63.5 Å². The number of rotatable bonds is 6. The summed E-state index contributed by atoms with van der Waals surface area (Å²) in [6.07, 6.45) is 9.16. The third-order valence-corrected chi connectivity index (χ3v) is 8.79. The standard InChI is InChI=1S/C28H40ClN5O2.ClH/c1-32-11-9-23(10-12-32)33-13-15-34(16-14-33)28(36)26(17-20-5-3-2-4-6-20)31-27(35)25-19-21-18-22(29)7-8-24(21)30-25;/h7-8,18-20,23,26,30H,2-6,9-17H2,1H3,(H,31,35);1H/t26-;/m1./s1. The largest absolute Gasteiger partial charge is 0.351 e. The number of hydrogen-bond acceptors (Lipinski definition) is 4. The van der Waals surface area contributed by atoms with Crippen LogP contribution >= 0.6 is 24.0 Å². The molecular weight excluding hydrogens is 509 g/mol. The van der Waals surface area contributed by atoms with Gasteiger partial charge in [-0.2, -0.15) is 0 Å². The highest BCUT2D eigenvalue weighted by Gasteiger charge is 2.33. The maximum absolute atomic E-state index is 13.7. The molecule has 0 bridgehead atoms. The zero-order valence-corrected chi connectivity index (χ0v) is 23.5. The van der Waals surface area contributed by atoms with E-state index < -0.39 is 6.04 Å². The third-order valence-electron chi connectivity index (χ3n) is 8.56. The molecule has 1 saturated carbocycles. The van der Waals surface area contributed by atoms with Gasteiger partial charge in [0.05, 0.1) is 0 Å². The summed E-state index contributed by atoms with van der Waals surface area (Å²) in [6, 6.07) is 7.50. The molecule has 3 aliphatic rings. The molecule has 3 fully saturated rings. The first-order chi connectivity index (χ1) is 17.5. The molecule has 2 aliphatic heterocycles. The van der Waals surface area contributed by atoms with Gasteiger partial charge in [-0.15, -0.1) is 12.4 Å². The topological polar surface area (TPSA) is 71.7 Å². The Balaban J connectivity index is 0.00000320. The number of aromatic nitrogens is 1. The van der Waals surface area contributed by atoms with E-state index in [1.165, 1.54) is 32.1 Å². The molecule has 0 unspecified atom stereocenters. The smallest absolute Gasteiger partial charge is 0.268 e. The van der Waals surface area contributed by atoms with Gasteiger partial charge in [-0.05, 0) is 69.6 Å². The van der Waals surface area contributed by atoms with Crippen LogP contribution in [-0.2, 0) is 4.79 Å². The van der Waals surface area contributed by atoms with Crippen molar-refractivity contribution in [2.75, 3.05) is 46.3 Å². The van der Waals surface area contributed by atoms with Crippen molar-refractivity contribution in [2.24, 2.45) is 5.92 Å². The lowest BCUT2D eigenvalue weighted by Gasteiger charge is -2.43. The van der Waals surface area contributed by atoms with E-state index in [-0.39, 0.29) is 24.2 Å². The Hall–Kier alpha value is -1.80. The molecule has 1 aromatic heterocycles. The summed E-state index contributed by atoms with van der Waals surface area (Å²) in [7, 11) is 2.19. The minimum absolute atomic E-state index is 0. The number of fused-ring (bicyclic) bond motifs is 1. The number of piperazine rings is 1. The Morgan fingerprint density at radius 3 is 2.41 bits per heavy atom. The van der Waals surface area contributed by atoms with Crippen molar-refractivity contribution >= 4 is 46.7 Å². The molecule has 1 aromatic carbocycles. The summed E-state index contributed by atoms with van der Waals surface area (Å²) in [4.78, 5) is 37.2. The first kappa shape index (κ1) is 28.2. The molecule has 2 saturated heterocycles. The summed E-state index contributed by atoms with van der Waals surface area (Å²) < 4.78 is 0. The Labute approximate surface area is 231 Å². The number of piperidine rings is 1. The average molecular weight is 551 g/mol. The fraction of sp³-hybridized carbons (Fsp3) is 0.643. The fourth-order valence-electron chi connectivity index (χ4n) is 6.33. The molecular formula is C28H41Cl2N5O2. The van der Waals surface area contributed by atoms with Gasteiger partial charge in [-0.1, -0.05) is 43.7 Å². The van der Waals surface area contributed by atoms with Crippen molar-refractivity contribution < 1.29 is 9.59 Å². The van der Waals surface area contributed by atoms with Crippen molar-refractivity contribution in [3.05, 3.63) is 35.0 Å². The van der Waals surface area contributed by atoms with Gasteiger partial charge in [0.1, 0.15) is 11.7 Å². The van der Waals surface area contributed by atoms with Crippen molar-refractivity contribution in [1.82, 2.24) is 25.0 Å². The summed E-state index contributed by atoms with van der Waals surface area (Å²) >= 11 is 6.12. The zero-order valence-electron chi connectivity index (χ0n) is 21.9. The molecule has 3 heterocycles. The number of nitrogens with one attached hydrogen (secondary N) is 2. The second kappa shape index (κ2) is 12.8. The van der Waals surface area contributed by atoms with Gasteiger partial charge in [-0.25, -0.2) is 0 Å². The van der Waals surface area contributed by atoms with Gasteiger partial charge in [0.15, 0.2) is 0 Å². The van der Waals surface area contributed by atoms with Crippen LogP contribution in [0.25, 0.3) is 10.9 Å². The lowest BCUT2D eigenvalue weighted by molar-refractivity contribution is -0.136. The molecule has 2 aromatic rings. The van der Waals surface area contributed by atoms with Crippen LogP contribution in [0.1, 0.15) is 61.9 Å². The predicted octanol–water partition coefficient (Wildman–Crippen LogP) is 4.55. The van der Waals surface area contributed by atoms with E-state index in [9.17, 15) is 9.59 Å². The number of hydrogen-bond donors (Lipinski definition) is 2. The van der Waals surface area contributed by atoms with E-state index in [2.05, 4.69) is 27.1 Å². The SMILES string of the molecule is CN1CCC(N2CCN(C(=O)[C@@H](CC3CCCCC3)NC(=O)c3cc4cc(Cl)ccc4[nH]3)CC2)CC1.Cl. The Morgan fingerprint density at radius 2 is 1.70 bits per heavy atom. The quantitative estimate of drug-likeness (QED) is 0.554. The van der Waals surface area contributed by atoms with Gasteiger partial charge in [-0.3, -0.25) is 14.5 Å². The molecule has 7 nitrogen and oxygen atoms in total. The van der Waals surface area contributed by atoms with Gasteiger partial charge in [0.2, 0.25) is 5.91 Å². The van der Waals surface area contributed by atoms with E-state index in [1.807, 2.05) is 29.2 Å². The van der Waals surface area contributed by atoms with Crippen LogP contribution in [-0.4, -0.2) is 89.9 Å². The van der Waals surface area contributed by atoms with Crippen molar-refractivity contribution in [3.8, 4) is 0 Å². The molecule has 2 N–H and O–H groups in total. The number of nitrogens with zero attached hydrogens (tertiary/aromatic N) is 3. The van der Waals surface area contributed by atoms with Crippen LogP contribution < -0.4 is 5.32 Å². The zero-order chi connectivity index (χ0) is 25.1. The summed E-state index contributed by atoms with van der Waals surface area (Å²) in [5, 5.41) is 4.65. The predicted molar refractivity (Wildman–Crippen MR) is 152 cm³/mol. The van der Waals surface area contributed by atoms with Crippen LogP contribution in [0.2, 0.25) is 5.02 Å². The molecule has 2 amide bonds. The number of aromatic amines is 1. The number of benzene rings is 1. The monoisotopic (exact) mass is 549 g/mol. The molecule has 0 spiro atoms. The second-order valence-electron chi connectivity index (χ2n) is 11.1. The highest BCUT2D eigenvalue weighted by atomic mass is 35.5. The Kier molecular flexibility index (Phi) is 9.79. The number of halogens is 2. The average Bonchev–Trinajstić information content (AvgIpc) is 3.32. The van der Waals surface area contributed by atoms with E-state index in [4.69, 9.17) is 11.6 Å². The van der Waals surface area contributed by atoms with Crippen LogP contribution in [0.3, 0.4) is 0 Å². The molecule has 204 valence electrons. The molecule has 37 heavy (non-hydrogen) atoms. The minimum atomic E-state index is -0.481. The second-order valence-corrected chi connectivity index (χ2v) is 11.5. The molecule has 1 aliphatic carbocycles. The van der Waals surface area contributed by atoms with Crippen LogP contribution in [0.4, 0.5) is 0 Å². The molecule has 1 atom stereocenters. The maximum atomic E-state index is 13.7. The first-order valence-corrected chi connectivity index (χ1v) is 14.1. The minimum Gasteiger partial charge on any atom is -0.351 e. The molecule has 0 radical (unpaired) electrons. The highest BCUT2D eigenvalue weighted by Crippen LogP contribution is 2.28. The van der Waals surface area contributed by atoms with Crippen LogP contribution in [0, 0.1) is 5.92 Å². The fourth-order valence-corrected chi connectivity index (χ4v) is 6.51. The van der Waals surface area contributed by atoms with Crippen molar-refractivity contribution in [1.29, 1.82) is 0 Å². The number of likely N-dealkylation sites (tertiary alicyclic amines) is 1. The van der Waals surface area contributed by atoms with Crippen LogP contribution in [0.15, 0.2) is 24.3 Å². The number of carbonyl (C=O) groups is 2. The van der Waals surface area contributed by atoms with E-state index in [0.717, 1.165) is 69.4 Å². The summed E-state index contributed by atoms with van der Waals surface area (Å²) in [5.41, 5.74) is 1.34. The Bertz CT molecular complexity index is 1050. The third kappa shape index (κ3) is 6.99. The van der Waals surface area contributed by atoms with Gasteiger partial charge in [0.25, 0.3) is 5.91 Å². The van der Waals surface area contributed by atoms with E-state index in [0.29, 0.717) is 22.7 Å². The maximum Gasteiger partial charge on any atom is 0.268 e. The van der Waals surface area contributed by atoms with Gasteiger partial charge < -0.3 is 20.1 Å². The van der Waals surface area contributed by atoms with Gasteiger partial charge in [0, 0.05) is 48.1 Å². The molecule has 5 rings (SSSR count). The van der Waals surface area contributed by atoms with Gasteiger partial charge >= 0.3 is 0 Å².